The van der Waals surface area contributed by atoms with Gasteiger partial charge in [-0.1, -0.05) is 11.6 Å². The van der Waals surface area contributed by atoms with Gasteiger partial charge in [-0.15, -0.1) is 35.3 Å². The van der Waals surface area contributed by atoms with Crippen LogP contribution in [0.5, 0.6) is 0 Å². The van der Waals surface area contributed by atoms with Gasteiger partial charge in [-0.3, -0.25) is 0 Å². The van der Waals surface area contributed by atoms with Crippen LogP contribution in [-0.4, -0.2) is 41.4 Å². The molecule has 6 nitrogen and oxygen atoms in total. The number of guanidine groups is 1. The van der Waals surface area contributed by atoms with Gasteiger partial charge in [0.2, 0.25) is 0 Å². The predicted molar refractivity (Wildman–Crippen MR) is 141 cm³/mol. The summed E-state index contributed by atoms with van der Waals surface area (Å²) in [5.41, 5.74) is 2.05. The third-order valence-corrected chi connectivity index (χ3v) is 6.33. The molecule has 1 saturated heterocycles. The van der Waals surface area contributed by atoms with Gasteiger partial charge >= 0.3 is 0 Å². The van der Waals surface area contributed by atoms with Crippen molar-refractivity contribution in [2.24, 2.45) is 4.99 Å². The summed E-state index contributed by atoms with van der Waals surface area (Å²) >= 11 is 7.78. The Morgan fingerprint density at radius 1 is 1.23 bits per heavy atom. The number of aromatic nitrogens is 2. The number of hydrogen-bond acceptors (Lipinski definition) is 4. The molecule has 0 spiro atoms. The van der Waals surface area contributed by atoms with E-state index in [-0.39, 0.29) is 24.0 Å². The summed E-state index contributed by atoms with van der Waals surface area (Å²) < 4.78 is 1.85. The molecule has 1 aliphatic rings. The van der Waals surface area contributed by atoms with Crippen molar-refractivity contribution in [1.82, 2.24) is 20.4 Å². The van der Waals surface area contributed by atoms with Crippen molar-refractivity contribution >= 4 is 57.9 Å². The maximum absolute atomic E-state index is 5.97. The average Bonchev–Trinajstić information content (AvgIpc) is 3.46. The third kappa shape index (κ3) is 6.60. The molecule has 1 fully saturated rings. The zero-order chi connectivity index (χ0) is 20.8. The van der Waals surface area contributed by atoms with Gasteiger partial charge in [0.15, 0.2) is 5.96 Å². The Morgan fingerprint density at radius 3 is 2.68 bits per heavy atom. The van der Waals surface area contributed by atoms with Gasteiger partial charge in [-0.2, -0.15) is 5.10 Å². The van der Waals surface area contributed by atoms with Crippen molar-refractivity contribution in [3.05, 3.63) is 64.8 Å². The van der Waals surface area contributed by atoms with Crippen LogP contribution in [0.1, 0.15) is 25.3 Å². The van der Waals surface area contributed by atoms with Crippen LogP contribution in [0.3, 0.4) is 0 Å². The first-order valence-electron chi connectivity index (χ1n) is 10.3. The molecule has 3 heterocycles. The van der Waals surface area contributed by atoms with Crippen LogP contribution < -0.4 is 15.5 Å². The Bertz CT molecular complexity index is 949. The maximum atomic E-state index is 5.97. The lowest BCUT2D eigenvalue weighted by molar-refractivity contribution is 0.463. The van der Waals surface area contributed by atoms with Crippen molar-refractivity contribution in [3.8, 4) is 5.69 Å². The molecule has 9 heteroatoms. The SMILES string of the molecule is CCNC(=NCc1cnn(-c2ccc(Cl)cc2)c1)NC1CCN(c2cccs2)CC1.I. The smallest absolute Gasteiger partial charge is 0.191 e. The molecule has 2 N–H and O–H groups in total. The first-order chi connectivity index (χ1) is 14.7. The molecule has 0 atom stereocenters. The van der Waals surface area contributed by atoms with Crippen LogP contribution in [0.4, 0.5) is 5.00 Å². The summed E-state index contributed by atoms with van der Waals surface area (Å²) in [5.74, 6) is 0.867. The molecule has 1 aliphatic heterocycles. The van der Waals surface area contributed by atoms with E-state index >= 15 is 0 Å². The van der Waals surface area contributed by atoms with Gasteiger partial charge in [0, 0.05) is 42.5 Å². The molecule has 2 aromatic heterocycles. The Hall–Kier alpha value is -1.78. The topological polar surface area (TPSA) is 57.5 Å². The van der Waals surface area contributed by atoms with E-state index in [1.807, 2.05) is 52.7 Å². The van der Waals surface area contributed by atoms with Crippen molar-refractivity contribution in [2.45, 2.75) is 32.4 Å². The Labute approximate surface area is 209 Å². The number of aliphatic imine (C=N–C) groups is 1. The second-order valence-electron chi connectivity index (χ2n) is 7.32. The van der Waals surface area contributed by atoms with E-state index in [1.54, 1.807) is 0 Å². The highest BCUT2D eigenvalue weighted by Gasteiger charge is 2.20. The maximum Gasteiger partial charge on any atom is 0.191 e. The normalized spacial score (nSPS) is 14.9. The van der Waals surface area contributed by atoms with Gasteiger partial charge < -0.3 is 15.5 Å². The lowest BCUT2D eigenvalue weighted by Gasteiger charge is -2.33. The first kappa shape index (κ1) is 23.9. The molecule has 0 radical (unpaired) electrons. The summed E-state index contributed by atoms with van der Waals surface area (Å²) in [4.78, 5) is 7.25. The second-order valence-corrected chi connectivity index (χ2v) is 8.68. The molecule has 0 saturated carbocycles. The van der Waals surface area contributed by atoms with Crippen LogP contribution in [0.2, 0.25) is 5.02 Å². The molecule has 0 unspecified atom stereocenters. The molecule has 166 valence electrons. The number of hydrogen-bond donors (Lipinski definition) is 2. The third-order valence-electron chi connectivity index (χ3n) is 5.14. The van der Waals surface area contributed by atoms with Crippen LogP contribution in [-0.2, 0) is 6.54 Å². The Balaban J connectivity index is 0.00000272. The number of rotatable bonds is 6. The van der Waals surface area contributed by atoms with Crippen LogP contribution >= 0.6 is 46.9 Å². The first-order valence-corrected chi connectivity index (χ1v) is 11.6. The number of piperidine rings is 1. The monoisotopic (exact) mass is 570 g/mol. The molecule has 1 aromatic carbocycles. The molecule has 4 rings (SSSR count). The molecule has 0 amide bonds. The van der Waals surface area contributed by atoms with E-state index in [1.165, 1.54) is 5.00 Å². The minimum atomic E-state index is 0. The number of halogens is 2. The lowest BCUT2D eigenvalue weighted by Crippen LogP contribution is -2.48. The van der Waals surface area contributed by atoms with E-state index in [4.69, 9.17) is 16.6 Å². The highest BCUT2D eigenvalue weighted by atomic mass is 127. The minimum Gasteiger partial charge on any atom is -0.363 e. The molecular formula is C22H28ClIN6S. The van der Waals surface area contributed by atoms with Gasteiger partial charge in [0.25, 0.3) is 0 Å². The fourth-order valence-corrected chi connectivity index (χ4v) is 4.47. The number of anilines is 1. The Kier molecular flexibility index (Phi) is 9.03. The fourth-order valence-electron chi connectivity index (χ4n) is 3.55. The molecule has 0 aliphatic carbocycles. The lowest BCUT2D eigenvalue weighted by atomic mass is 10.1. The fraction of sp³-hybridized carbons (Fsp3) is 0.364. The van der Waals surface area contributed by atoms with Crippen LogP contribution in [0.15, 0.2) is 59.2 Å². The number of nitrogens with zero attached hydrogens (tertiary/aromatic N) is 4. The summed E-state index contributed by atoms with van der Waals surface area (Å²) in [7, 11) is 0. The highest BCUT2D eigenvalue weighted by Crippen LogP contribution is 2.24. The van der Waals surface area contributed by atoms with E-state index < -0.39 is 0 Å². The van der Waals surface area contributed by atoms with Gasteiger partial charge in [-0.05, 0) is 61.5 Å². The molecular weight excluding hydrogens is 543 g/mol. The van der Waals surface area contributed by atoms with Gasteiger partial charge in [0.05, 0.1) is 23.4 Å². The summed E-state index contributed by atoms with van der Waals surface area (Å²) in [6.45, 7) is 5.66. The van der Waals surface area contributed by atoms with Crippen molar-refractivity contribution in [2.75, 3.05) is 24.5 Å². The Morgan fingerprint density at radius 2 is 2.00 bits per heavy atom. The van der Waals surface area contributed by atoms with Crippen molar-refractivity contribution < 1.29 is 0 Å². The van der Waals surface area contributed by atoms with Crippen molar-refractivity contribution in [1.29, 1.82) is 0 Å². The van der Waals surface area contributed by atoms with Gasteiger partial charge in [-0.25, -0.2) is 9.67 Å². The number of thiophene rings is 1. The largest absolute Gasteiger partial charge is 0.363 e. The van der Waals surface area contributed by atoms with Crippen LogP contribution in [0, 0.1) is 0 Å². The predicted octanol–water partition coefficient (Wildman–Crippen LogP) is 4.93. The zero-order valence-corrected chi connectivity index (χ0v) is 21.4. The highest BCUT2D eigenvalue weighted by molar-refractivity contribution is 14.0. The quantitative estimate of drug-likeness (QED) is 0.251. The molecule has 3 aromatic rings. The van der Waals surface area contributed by atoms with Crippen molar-refractivity contribution in [3.63, 3.8) is 0 Å². The minimum absolute atomic E-state index is 0. The van der Waals surface area contributed by atoms with E-state index in [2.05, 4.69) is 45.1 Å². The standard InChI is InChI=1S/C22H27ClN6S.HI/c1-2-24-22(27-19-9-11-28(12-10-19)21-4-3-13-30-21)25-14-17-15-26-29(16-17)20-7-5-18(23)6-8-20;/h3-8,13,15-16,19H,2,9-12,14H2,1H3,(H2,24,25,27);1H. The number of benzene rings is 1. The summed E-state index contributed by atoms with van der Waals surface area (Å²) in [5, 5.41) is 15.7. The number of nitrogens with one attached hydrogen (secondary N) is 2. The molecule has 31 heavy (non-hydrogen) atoms. The van der Waals surface area contributed by atoms with E-state index in [9.17, 15) is 0 Å². The molecule has 0 bridgehead atoms. The van der Waals surface area contributed by atoms with E-state index in [0.29, 0.717) is 12.6 Å². The van der Waals surface area contributed by atoms with Crippen LogP contribution in [0.25, 0.3) is 5.69 Å². The summed E-state index contributed by atoms with van der Waals surface area (Å²) in [6, 6.07) is 12.4. The zero-order valence-electron chi connectivity index (χ0n) is 17.5. The summed E-state index contributed by atoms with van der Waals surface area (Å²) in [6.07, 6.45) is 6.09. The second kappa shape index (κ2) is 11.7. The van der Waals surface area contributed by atoms with Gasteiger partial charge in [0.1, 0.15) is 0 Å². The average molecular weight is 571 g/mol. The van der Waals surface area contributed by atoms with E-state index in [0.717, 1.165) is 54.7 Å².